The molecule has 0 aliphatic carbocycles. The van der Waals surface area contributed by atoms with Gasteiger partial charge in [0.25, 0.3) is 0 Å². The Morgan fingerprint density at radius 1 is 1.22 bits per heavy atom. The smallest absolute Gasteiger partial charge is 0.210 e. The molecule has 12 nitrogen and oxygen atoms in total. The van der Waals surface area contributed by atoms with Crippen LogP contribution in [-0.4, -0.2) is 56.9 Å². The molecule has 0 bridgehead atoms. The molecular formula is C24H26ClN9O3. The molecule has 37 heavy (non-hydrogen) atoms. The monoisotopic (exact) mass is 523 g/mol. The maximum absolute atomic E-state index is 10.3. The molecular weight excluding hydrogens is 498 g/mol. The standard InChI is InChI=1S/C24H26ClN9O3/c1-24(2,3)17-9-18(31-34(17)13-5-8-36-22(13)35)29-23-30-21-20(32(23)4)19(25)16(11-27-21)37-15-12-28-33-7-6-26-10-14(15)33/h6-7,9-13,22,35H,5,8H2,1-4H3,(H,27,29,30,31)/t13-,22+/m0/s1. The number of hydrogen-bond donors (Lipinski definition) is 2. The molecule has 192 valence electrons. The number of ether oxygens (including phenoxy) is 2. The largest absolute Gasteiger partial charge is 0.450 e. The third-order valence-electron chi connectivity index (χ3n) is 6.40. The molecule has 1 aliphatic heterocycles. The van der Waals surface area contributed by atoms with Crippen molar-refractivity contribution >= 4 is 40.0 Å². The minimum Gasteiger partial charge on any atom is -0.450 e. The van der Waals surface area contributed by atoms with Gasteiger partial charge in [-0.1, -0.05) is 32.4 Å². The zero-order valence-electron chi connectivity index (χ0n) is 20.8. The quantitative estimate of drug-likeness (QED) is 0.351. The second-order valence-electron chi connectivity index (χ2n) is 9.97. The summed E-state index contributed by atoms with van der Waals surface area (Å²) in [6, 6.07) is 1.71. The van der Waals surface area contributed by atoms with Gasteiger partial charge in [-0.2, -0.15) is 15.2 Å². The van der Waals surface area contributed by atoms with Crippen molar-refractivity contribution in [3.05, 3.63) is 47.8 Å². The van der Waals surface area contributed by atoms with Crippen molar-refractivity contribution in [2.75, 3.05) is 11.9 Å². The number of nitrogens with one attached hydrogen (secondary N) is 1. The average Bonchev–Trinajstić information content (AvgIpc) is 3.63. The van der Waals surface area contributed by atoms with E-state index in [1.165, 1.54) is 6.20 Å². The average molecular weight is 524 g/mol. The molecule has 0 spiro atoms. The van der Waals surface area contributed by atoms with E-state index in [0.717, 1.165) is 5.69 Å². The van der Waals surface area contributed by atoms with E-state index in [9.17, 15) is 5.11 Å². The SMILES string of the molecule is Cn1c(Nc2cc(C(C)(C)C)n([C@H]3CCO[C@H]3O)n2)nc2ncc(Oc3cnn4ccncc34)c(Cl)c21. The van der Waals surface area contributed by atoms with Gasteiger partial charge in [-0.3, -0.25) is 9.67 Å². The Kier molecular flexibility index (Phi) is 5.55. The lowest BCUT2D eigenvalue weighted by Gasteiger charge is -2.24. The molecule has 2 N–H and O–H groups in total. The Bertz CT molecular complexity index is 1620. The molecule has 1 saturated heterocycles. The van der Waals surface area contributed by atoms with Gasteiger partial charge >= 0.3 is 0 Å². The minimum absolute atomic E-state index is 0.202. The molecule has 5 aromatic rings. The van der Waals surface area contributed by atoms with Crippen LogP contribution in [0.15, 0.2) is 37.1 Å². The summed E-state index contributed by atoms with van der Waals surface area (Å²) in [5, 5.41) is 23.0. The first-order valence-corrected chi connectivity index (χ1v) is 12.2. The topological polar surface area (TPSA) is 129 Å². The lowest BCUT2D eigenvalue weighted by Crippen LogP contribution is -2.26. The van der Waals surface area contributed by atoms with E-state index in [0.29, 0.717) is 58.0 Å². The van der Waals surface area contributed by atoms with Gasteiger partial charge in [-0.25, -0.2) is 9.50 Å². The van der Waals surface area contributed by atoms with E-state index in [4.69, 9.17) is 26.2 Å². The van der Waals surface area contributed by atoms with Gasteiger partial charge in [-0.05, 0) is 6.42 Å². The first-order valence-electron chi connectivity index (χ1n) is 11.8. The van der Waals surface area contributed by atoms with Crippen LogP contribution in [-0.2, 0) is 17.2 Å². The molecule has 2 atom stereocenters. The van der Waals surface area contributed by atoms with Crippen molar-refractivity contribution in [3.8, 4) is 11.5 Å². The normalized spacial score (nSPS) is 18.2. The number of aliphatic hydroxyl groups is 1. The Morgan fingerprint density at radius 2 is 2.05 bits per heavy atom. The second kappa shape index (κ2) is 8.68. The third-order valence-corrected chi connectivity index (χ3v) is 6.77. The predicted molar refractivity (Wildman–Crippen MR) is 136 cm³/mol. The molecule has 5 aromatic heterocycles. The molecule has 6 heterocycles. The fraction of sp³-hybridized carbons (Fsp3) is 0.375. The van der Waals surface area contributed by atoms with E-state index < -0.39 is 6.29 Å². The van der Waals surface area contributed by atoms with Crippen LogP contribution in [0.25, 0.3) is 16.7 Å². The highest BCUT2D eigenvalue weighted by Gasteiger charge is 2.33. The number of aryl methyl sites for hydroxylation is 1. The molecule has 0 aromatic carbocycles. The molecule has 0 amide bonds. The number of hydrogen-bond acceptors (Lipinski definition) is 9. The number of pyridine rings is 1. The van der Waals surface area contributed by atoms with Crippen LogP contribution in [0.4, 0.5) is 11.8 Å². The molecule has 1 aliphatic rings. The van der Waals surface area contributed by atoms with Crippen LogP contribution in [0.1, 0.15) is 38.9 Å². The first kappa shape index (κ1) is 23.6. The zero-order valence-corrected chi connectivity index (χ0v) is 21.5. The van der Waals surface area contributed by atoms with E-state index in [-0.39, 0.29) is 11.5 Å². The summed E-state index contributed by atoms with van der Waals surface area (Å²) in [5.74, 6) is 1.98. The number of halogens is 1. The summed E-state index contributed by atoms with van der Waals surface area (Å²) in [7, 11) is 1.84. The molecule has 0 radical (unpaired) electrons. The van der Waals surface area contributed by atoms with Gasteiger partial charge < -0.3 is 24.5 Å². The number of nitrogens with zero attached hydrogens (tertiary/aromatic N) is 8. The van der Waals surface area contributed by atoms with Gasteiger partial charge in [0.1, 0.15) is 22.1 Å². The van der Waals surface area contributed by atoms with Crippen molar-refractivity contribution in [3.63, 3.8) is 0 Å². The summed E-state index contributed by atoms with van der Waals surface area (Å²) < 4.78 is 16.7. The maximum Gasteiger partial charge on any atom is 0.210 e. The highest BCUT2D eigenvalue weighted by molar-refractivity contribution is 6.36. The van der Waals surface area contributed by atoms with Crippen LogP contribution in [0.5, 0.6) is 11.5 Å². The Labute approximate surface area is 216 Å². The number of rotatable bonds is 5. The fourth-order valence-corrected chi connectivity index (χ4v) is 4.79. The number of imidazole rings is 1. The molecule has 6 rings (SSSR count). The minimum atomic E-state index is -0.894. The maximum atomic E-state index is 10.3. The van der Waals surface area contributed by atoms with Crippen molar-refractivity contribution in [1.82, 2.24) is 38.9 Å². The first-order chi connectivity index (χ1) is 17.7. The summed E-state index contributed by atoms with van der Waals surface area (Å²) in [5.41, 5.74) is 2.53. The third kappa shape index (κ3) is 4.06. The summed E-state index contributed by atoms with van der Waals surface area (Å²) in [6.45, 7) is 6.80. The number of fused-ring (bicyclic) bond motifs is 2. The summed E-state index contributed by atoms with van der Waals surface area (Å²) in [6.07, 6.45) is 7.97. The predicted octanol–water partition coefficient (Wildman–Crippen LogP) is 3.97. The van der Waals surface area contributed by atoms with E-state index in [1.54, 1.807) is 33.9 Å². The van der Waals surface area contributed by atoms with Crippen molar-refractivity contribution in [2.45, 2.75) is 44.9 Å². The number of aromatic nitrogens is 8. The Balaban J connectivity index is 1.34. The summed E-state index contributed by atoms with van der Waals surface area (Å²) >= 11 is 6.76. The highest BCUT2D eigenvalue weighted by Crippen LogP contribution is 2.37. The van der Waals surface area contributed by atoms with Gasteiger partial charge in [0.15, 0.2) is 29.3 Å². The van der Waals surface area contributed by atoms with Crippen LogP contribution in [0.3, 0.4) is 0 Å². The highest BCUT2D eigenvalue weighted by atomic mass is 35.5. The summed E-state index contributed by atoms with van der Waals surface area (Å²) in [4.78, 5) is 13.2. The fourth-order valence-electron chi connectivity index (χ4n) is 4.49. The van der Waals surface area contributed by atoms with Crippen LogP contribution < -0.4 is 10.1 Å². The van der Waals surface area contributed by atoms with Crippen LogP contribution in [0, 0.1) is 0 Å². The lowest BCUT2D eigenvalue weighted by molar-refractivity contribution is -0.0809. The van der Waals surface area contributed by atoms with E-state index in [1.807, 2.05) is 17.8 Å². The number of anilines is 2. The van der Waals surface area contributed by atoms with Crippen LogP contribution in [0.2, 0.25) is 5.02 Å². The lowest BCUT2D eigenvalue weighted by atomic mass is 9.91. The van der Waals surface area contributed by atoms with E-state index in [2.05, 4.69) is 46.1 Å². The van der Waals surface area contributed by atoms with Crippen molar-refractivity contribution < 1.29 is 14.6 Å². The number of aliphatic hydroxyl groups excluding tert-OH is 1. The zero-order chi connectivity index (χ0) is 25.9. The van der Waals surface area contributed by atoms with Gasteiger partial charge in [-0.15, -0.1) is 0 Å². The molecule has 0 unspecified atom stereocenters. The van der Waals surface area contributed by atoms with Gasteiger partial charge in [0.2, 0.25) is 5.95 Å². The second-order valence-corrected chi connectivity index (χ2v) is 10.3. The molecule has 13 heteroatoms. The van der Waals surface area contributed by atoms with Gasteiger partial charge in [0.05, 0.1) is 25.2 Å². The molecule has 1 fully saturated rings. The Hall–Kier alpha value is -3.74. The van der Waals surface area contributed by atoms with Crippen molar-refractivity contribution in [1.29, 1.82) is 0 Å². The van der Waals surface area contributed by atoms with Gasteiger partial charge in [0, 0.05) is 36.6 Å². The van der Waals surface area contributed by atoms with E-state index >= 15 is 0 Å². The van der Waals surface area contributed by atoms with Crippen LogP contribution >= 0.6 is 11.6 Å². The molecule has 0 saturated carbocycles. The Morgan fingerprint density at radius 3 is 2.81 bits per heavy atom. The van der Waals surface area contributed by atoms with Crippen molar-refractivity contribution in [2.24, 2.45) is 7.05 Å².